The lowest BCUT2D eigenvalue weighted by Gasteiger charge is -2.17. The molecule has 0 bridgehead atoms. The number of esters is 1. The standard InChI is InChI=1S/C9H8O4/c1-7(10)5-12-6-8(11)13-9(2,3)4/h1-4H,5-6H2. The summed E-state index contributed by atoms with van der Waals surface area (Å²) in [5.41, 5.74) is -2.03. The molecule has 0 spiro atoms. The molecular formula is C9H8O4. The highest BCUT2D eigenvalue weighted by Crippen LogP contribution is 2.04. The molecule has 0 rings (SSSR count). The number of hydrogen-bond acceptors (Lipinski definition) is 4. The lowest BCUT2D eigenvalue weighted by molar-refractivity contribution is -0.155. The number of Topliss-reactive ketones (excluding diaryl/α,β-unsaturated/α-hetero) is 1. The summed E-state index contributed by atoms with van der Waals surface area (Å²) in [6.45, 7) is 18.6. The SMILES string of the molecule is [CH]C(=O)COCC(=O)OC([CH])([CH])[CH]. The van der Waals surface area contributed by atoms with Gasteiger partial charge in [-0.2, -0.15) is 0 Å². The first kappa shape index (κ1) is 12.1. The fourth-order valence-electron chi connectivity index (χ4n) is 0.462. The number of carbonyl (C=O) groups excluding carboxylic acids is 2. The molecule has 0 heterocycles. The van der Waals surface area contributed by atoms with E-state index in [1.807, 2.05) is 0 Å². The minimum atomic E-state index is -2.03. The highest BCUT2D eigenvalue weighted by Gasteiger charge is 2.17. The molecule has 0 aromatic rings. The number of ether oxygens (including phenoxy) is 2. The van der Waals surface area contributed by atoms with Crippen LogP contribution >= 0.6 is 0 Å². The molecule has 0 aliphatic rings. The van der Waals surface area contributed by atoms with Crippen LogP contribution in [-0.4, -0.2) is 30.6 Å². The molecule has 4 nitrogen and oxygen atoms in total. The van der Waals surface area contributed by atoms with Crippen LogP contribution in [0.4, 0.5) is 0 Å². The molecule has 0 aromatic heterocycles. The maximum Gasteiger partial charge on any atom is 0.332 e. The van der Waals surface area contributed by atoms with E-state index in [1.54, 1.807) is 0 Å². The Bertz CT molecular complexity index is 190. The average molecular weight is 180 g/mol. The minimum absolute atomic E-state index is 0.387. The van der Waals surface area contributed by atoms with Gasteiger partial charge in [-0.1, -0.05) is 0 Å². The summed E-state index contributed by atoms with van der Waals surface area (Å²) in [5.74, 6) is -1.58. The Hall–Kier alpha value is -0.900. The number of ketones is 1. The van der Waals surface area contributed by atoms with Crippen LogP contribution in [0.5, 0.6) is 0 Å². The van der Waals surface area contributed by atoms with Gasteiger partial charge < -0.3 is 9.47 Å². The third kappa shape index (κ3) is 9.01. The second kappa shape index (κ2) is 4.97. The Morgan fingerprint density at radius 2 is 1.69 bits per heavy atom. The van der Waals surface area contributed by atoms with Gasteiger partial charge in [0, 0.05) is 27.7 Å². The monoisotopic (exact) mass is 180 g/mol. The van der Waals surface area contributed by atoms with Crippen LogP contribution in [0.1, 0.15) is 0 Å². The first-order valence-corrected chi connectivity index (χ1v) is 3.26. The van der Waals surface area contributed by atoms with E-state index >= 15 is 0 Å². The molecule has 68 valence electrons. The number of carbonyl (C=O) groups is 2. The van der Waals surface area contributed by atoms with Crippen molar-refractivity contribution in [2.75, 3.05) is 13.2 Å². The molecular weight excluding hydrogens is 172 g/mol. The van der Waals surface area contributed by atoms with E-state index in [4.69, 9.17) is 27.7 Å². The van der Waals surface area contributed by atoms with Crippen LogP contribution in [0.2, 0.25) is 0 Å². The molecule has 13 heavy (non-hydrogen) atoms. The van der Waals surface area contributed by atoms with E-state index in [0.29, 0.717) is 0 Å². The summed E-state index contributed by atoms with van der Waals surface area (Å²) >= 11 is 0. The molecule has 0 fully saturated rings. The zero-order valence-electron chi connectivity index (χ0n) is 6.86. The second-order valence-electron chi connectivity index (χ2n) is 2.29. The van der Waals surface area contributed by atoms with Gasteiger partial charge >= 0.3 is 5.97 Å². The lowest BCUT2D eigenvalue weighted by atomic mass is 10.2. The molecule has 0 aliphatic heterocycles. The van der Waals surface area contributed by atoms with Gasteiger partial charge in [0.15, 0.2) is 5.78 Å². The smallest absolute Gasteiger partial charge is 0.332 e. The molecule has 0 amide bonds. The predicted octanol–water partition coefficient (Wildman–Crippen LogP) is -0.302. The Morgan fingerprint density at radius 1 is 1.15 bits per heavy atom. The first-order valence-electron chi connectivity index (χ1n) is 3.26. The summed E-state index contributed by atoms with van der Waals surface area (Å²) < 4.78 is 8.72. The van der Waals surface area contributed by atoms with Gasteiger partial charge in [0.25, 0.3) is 0 Å². The summed E-state index contributed by atoms with van der Waals surface area (Å²) in [7, 11) is 0. The van der Waals surface area contributed by atoms with Crippen molar-refractivity contribution in [2.45, 2.75) is 5.60 Å². The maximum absolute atomic E-state index is 10.7. The Balaban J connectivity index is 3.59. The van der Waals surface area contributed by atoms with Gasteiger partial charge in [-0.25, -0.2) is 4.79 Å². The van der Waals surface area contributed by atoms with E-state index in [1.165, 1.54) is 0 Å². The summed E-state index contributed by atoms with van der Waals surface area (Å²) in [4.78, 5) is 20.8. The van der Waals surface area contributed by atoms with Crippen LogP contribution in [0.15, 0.2) is 0 Å². The maximum atomic E-state index is 10.7. The summed E-state index contributed by atoms with van der Waals surface area (Å²) in [6.07, 6.45) is 0. The third-order valence-corrected chi connectivity index (χ3v) is 0.755. The topological polar surface area (TPSA) is 52.6 Å². The van der Waals surface area contributed by atoms with Crippen molar-refractivity contribution in [3.8, 4) is 0 Å². The van der Waals surface area contributed by atoms with E-state index in [2.05, 4.69) is 9.47 Å². The molecule has 0 saturated heterocycles. The molecule has 0 saturated carbocycles. The zero-order valence-corrected chi connectivity index (χ0v) is 6.86. The van der Waals surface area contributed by atoms with Crippen molar-refractivity contribution >= 4 is 11.8 Å². The quantitative estimate of drug-likeness (QED) is 0.545. The fourth-order valence-corrected chi connectivity index (χ4v) is 0.462. The van der Waals surface area contributed by atoms with Gasteiger partial charge in [0.2, 0.25) is 0 Å². The van der Waals surface area contributed by atoms with Crippen LogP contribution < -0.4 is 0 Å². The normalized spacial score (nSPS) is 11.1. The Morgan fingerprint density at radius 3 is 2.08 bits per heavy atom. The molecule has 0 unspecified atom stereocenters. The van der Waals surface area contributed by atoms with E-state index in [-0.39, 0.29) is 6.61 Å². The third-order valence-electron chi connectivity index (χ3n) is 0.755. The summed E-state index contributed by atoms with van der Waals surface area (Å²) in [5, 5.41) is 0. The average Bonchev–Trinajstić information content (AvgIpc) is 1.81. The molecule has 0 N–H and O–H groups in total. The van der Waals surface area contributed by atoms with Gasteiger partial charge in [-0.15, -0.1) is 0 Å². The first-order chi connectivity index (χ1) is 5.81. The van der Waals surface area contributed by atoms with Gasteiger partial charge in [-0.3, -0.25) is 4.79 Å². The minimum Gasteiger partial charge on any atom is -0.456 e. The highest BCUT2D eigenvalue weighted by molar-refractivity contribution is 5.84. The van der Waals surface area contributed by atoms with Crippen molar-refractivity contribution < 1.29 is 19.1 Å². The molecule has 0 atom stereocenters. The molecule has 4 heteroatoms. The Labute approximate surface area is 78.2 Å². The van der Waals surface area contributed by atoms with Gasteiger partial charge in [-0.05, 0) is 0 Å². The van der Waals surface area contributed by atoms with E-state index in [9.17, 15) is 9.59 Å². The van der Waals surface area contributed by atoms with Crippen molar-refractivity contribution in [1.82, 2.24) is 0 Å². The van der Waals surface area contributed by atoms with Crippen molar-refractivity contribution in [3.05, 3.63) is 27.7 Å². The van der Waals surface area contributed by atoms with Crippen molar-refractivity contribution in [3.63, 3.8) is 0 Å². The summed E-state index contributed by atoms with van der Waals surface area (Å²) in [6, 6.07) is 0. The predicted molar refractivity (Wildman–Crippen MR) is 41.8 cm³/mol. The van der Waals surface area contributed by atoms with Gasteiger partial charge in [0.05, 0.1) is 0 Å². The van der Waals surface area contributed by atoms with Gasteiger partial charge in [0.1, 0.15) is 18.8 Å². The Kier molecular flexibility index (Phi) is 4.62. The highest BCUT2D eigenvalue weighted by atomic mass is 16.6. The van der Waals surface area contributed by atoms with Crippen LogP contribution in [-0.2, 0) is 19.1 Å². The fraction of sp³-hybridized carbons (Fsp3) is 0.333. The largest absolute Gasteiger partial charge is 0.456 e. The zero-order chi connectivity index (χ0) is 10.5. The van der Waals surface area contributed by atoms with Crippen LogP contribution in [0.3, 0.4) is 0 Å². The van der Waals surface area contributed by atoms with Crippen molar-refractivity contribution in [1.29, 1.82) is 0 Å². The number of rotatable bonds is 5. The lowest BCUT2D eigenvalue weighted by Crippen LogP contribution is -2.28. The van der Waals surface area contributed by atoms with Crippen LogP contribution in [0.25, 0.3) is 0 Å². The molecule has 0 aromatic carbocycles. The molecule has 8 radical (unpaired) electrons. The van der Waals surface area contributed by atoms with E-state index < -0.39 is 24.0 Å². The number of hydrogen-bond donors (Lipinski definition) is 0. The van der Waals surface area contributed by atoms with E-state index in [0.717, 1.165) is 0 Å². The van der Waals surface area contributed by atoms with Crippen LogP contribution in [0, 0.1) is 27.7 Å². The second-order valence-corrected chi connectivity index (χ2v) is 2.29. The molecule has 0 aliphatic carbocycles. The van der Waals surface area contributed by atoms with Crippen molar-refractivity contribution in [2.24, 2.45) is 0 Å².